The van der Waals surface area contributed by atoms with Gasteiger partial charge in [0.05, 0.1) is 20.8 Å². The molecule has 1 saturated heterocycles. The van der Waals surface area contributed by atoms with Crippen LogP contribution in [0.3, 0.4) is 0 Å². The highest BCUT2D eigenvalue weighted by atomic mass is 16.5. The third-order valence-electron chi connectivity index (χ3n) is 4.76. The SMILES string of the molecule is CCN1CCN(C2=NCCN2C(=O)c2cc(OC)cc(OC)c2)CC1. The number of aliphatic imine (C=N–C) groups is 1. The molecule has 0 N–H and O–H groups in total. The van der Waals surface area contributed by atoms with E-state index in [1.54, 1.807) is 37.3 Å². The van der Waals surface area contributed by atoms with E-state index in [0.717, 1.165) is 38.7 Å². The van der Waals surface area contributed by atoms with Crippen molar-refractivity contribution in [2.45, 2.75) is 6.92 Å². The van der Waals surface area contributed by atoms with E-state index in [1.807, 2.05) is 0 Å². The molecule has 0 aliphatic carbocycles. The van der Waals surface area contributed by atoms with E-state index in [4.69, 9.17) is 9.47 Å². The normalized spacial score (nSPS) is 18.3. The molecular formula is C18H26N4O3. The highest BCUT2D eigenvalue weighted by Gasteiger charge is 2.31. The zero-order valence-corrected chi connectivity index (χ0v) is 15.2. The summed E-state index contributed by atoms with van der Waals surface area (Å²) in [5, 5.41) is 0. The summed E-state index contributed by atoms with van der Waals surface area (Å²) >= 11 is 0. The molecule has 7 nitrogen and oxygen atoms in total. The number of amides is 1. The Morgan fingerprint density at radius 2 is 1.68 bits per heavy atom. The monoisotopic (exact) mass is 346 g/mol. The van der Waals surface area contributed by atoms with Crippen LogP contribution in [0.4, 0.5) is 0 Å². The van der Waals surface area contributed by atoms with Gasteiger partial charge in [0.1, 0.15) is 11.5 Å². The summed E-state index contributed by atoms with van der Waals surface area (Å²) in [6.07, 6.45) is 0. The first-order chi connectivity index (χ1) is 12.2. The highest BCUT2D eigenvalue weighted by molar-refractivity contribution is 6.06. The molecule has 2 heterocycles. The van der Waals surface area contributed by atoms with Crippen LogP contribution in [0.5, 0.6) is 11.5 Å². The molecule has 3 rings (SSSR count). The number of guanidine groups is 1. The second kappa shape index (κ2) is 7.74. The molecular weight excluding hydrogens is 320 g/mol. The van der Waals surface area contributed by atoms with Crippen LogP contribution in [0.15, 0.2) is 23.2 Å². The van der Waals surface area contributed by atoms with Crippen molar-refractivity contribution in [3.05, 3.63) is 23.8 Å². The molecule has 0 aromatic heterocycles. The van der Waals surface area contributed by atoms with Crippen LogP contribution in [-0.2, 0) is 0 Å². The van der Waals surface area contributed by atoms with Gasteiger partial charge in [-0.15, -0.1) is 0 Å². The van der Waals surface area contributed by atoms with Crippen LogP contribution in [0.2, 0.25) is 0 Å². The summed E-state index contributed by atoms with van der Waals surface area (Å²) in [7, 11) is 3.16. The Balaban J connectivity index is 1.77. The average Bonchev–Trinajstić information content (AvgIpc) is 3.16. The fraction of sp³-hybridized carbons (Fsp3) is 0.556. The molecule has 1 aromatic carbocycles. The van der Waals surface area contributed by atoms with Gasteiger partial charge in [0, 0.05) is 44.4 Å². The lowest BCUT2D eigenvalue weighted by molar-refractivity contribution is 0.0833. The van der Waals surface area contributed by atoms with Gasteiger partial charge in [0.15, 0.2) is 0 Å². The predicted molar refractivity (Wildman–Crippen MR) is 96.6 cm³/mol. The van der Waals surface area contributed by atoms with Crippen molar-refractivity contribution in [3.63, 3.8) is 0 Å². The number of nitrogens with zero attached hydrogens (tertiary/aromatic N) is 4. The Hall–Kier alpha value is -2.28. The van der Waals surface area contributed by atoms with Gasteiger partial charge in [-0.1, -0.05) is 6.92 Å². The Kier molecular flexibility index (Phi) is 5.43. The maximum absolute atomic E-state index is 13.1. The maximum Gasteiger partial charge on any atom is 0.260 e. The minimum absolute atomic E-state index is 0.0635. The Morgan fingerprint density at radius 1 is 1.04 bits per heavy atom. The molecule has 0 bridgehead atoms. The van der Waals surface area contributed by atoms with Gasteiger partial charge in [-0.25, -0.2) is 0 Å². The zero-order chi connectivity index (χ0) is 17.8. The van der Waals surface area contributed by atoms with E-state index in [2.05, 4.69) is 21.7 Å². The van der Waals surface area contributed by atoms with Crippen molar-refractivity contribution < 1.29 is 14.3 Å². The van der Waals surface area contributed by atoms with Crippen molar-refractivity contribution in [1.29, 1.82) is 0 Å². The first-order valence-electron chi connectivity index (χ1n) is 8.73. The van der Waals surface area contributed by atoms with Gasteiger partial charge in [-0.2, -0.15) is 0 Å². The maximum atomic E-state index is 13.1. The predicted octanol–water partition coefficient (Wildman–Crippen LogP) is 1.15. The van der Waals surface area contributed by atoms with Crippen LogP contribution < -0.4 is 9.47 Å². The molecule has 1 aromatic rings. The molecule has 0 unspecified atom stereocenters. The standard InChI is InChI=1S/C18H26N4O3/c1-4-20-7-9-21(10-8-20)18-19-5-6-22(18)17(23)14-11-15(24-2)13-16(12-14)25-3/h11-13H,4-10H2,1-3H3. The van der Waals surface area contributed by atoms with Crippen molar-refractivity contribution in [2.75, 3.05) is 60.0 Å². The molecule has 1 amide bonds. The number of hydrogen-bond donors (Lipinski definition) is 0. The van der Waals surface area contributed by atoms with Crippen LogP contribution in [0.1, 0.15) is 17.3 Å². The summed E-state index contributed by atoms with van der Waals surface area (Å²) in [4.78, 5) is 24.0. The van der Waals surface area contributed by atoms with Crippen molar-refractivity contribution in [3.8, 4) is 11.5 Å². The lowest BCUT2D eigenvalue weighted by atomic mass is 10.1. The molecule has 25 heavy (non-hydrogen) atoms. The first kappa shape index (κ1) is 17.5. The van der Waals surface area contributed by atoms with Crippen LogP contribution in [0, 0.1) is 0 Å². The van der Waals surface area contributed by atoms with E-state index in [1.165, 1.54) is 0 Å². The van der Waals surface area contributed by atoms with Gasteiger partial charge in [-0.3, -0.25) is 14.7 Å². The number of piperazine rings is 1. The highest BCUT2D eigenvalue weighted by Crippen LogP contribution is 2.24. The van der Waals surface area contributed by atoms with Gasteiger partial charge < -0.3 is 19.3 Å². The smallest absolute Gasteiger partial charge is 0.260 e. The topological polar surface area (TPSA) is 57.6 Å². The van der Waals surface area contributed by atoms with Gasteiger partial charge in [0.2, 0.25) is 5.96 Å². The summed E-state index contributed by atoms with van der Waals surface area (Å²) < 4.78 is 10.6. The third kappa shape index (κ3) is 3.71. The Labute approximate surface area is 148 Å². The van der Waals surface area contributed by atoms with Crippen molar-refractivity contribution in [1.82, 2.24) is 14.7 Å². The molecule has 1 fully saturated rings. The van der Waals surface area contributed by atoms with E-state index in [9.17, 15) is 4.79 Å². The molecule has 0 spiro atoms. The second-order valence-corrected chi connectivity index (χ2v) is 6.16. The number of hydrogen-bond acceptors (Lipinski definition) is 6. The molecule has 0 atom stereocenters. The summed E-state index contributed by atoms with van der Waals surface area (Å²) in [5.41, 5.74) is 0.554. The van der Waals surface area contributed by atoms with Crippen molar-refractivity contribution >= 4 is 11.9 Å². The average molecular weight is 346 g/mol. The lowest BCUT2D eigenvalue weighted by Crippen LogP contribution is -2.53. The number of benzene rings is 1. The van der Waals surface area contributed by atoms with Crippen LogP contribution in [0.25, 0.3) is 0 Å². The molecule has 2 aliphatic rings. The fourth-order valence-electron chi connectivity index (χ4n) is 3.25. The number of methoxy groups -OCH3 is 2. The Morgan fingerprint density at radius 3 is 2.24 bits per heavy atom. The van der Waals surface area contributed by atoms with Gasteiger partial charge in [0.25, 0.3) is 5.91 Å². The summed E-state index contributed by atoms with van der Waals surface area (Å²) in [6, 6.07) is 5.26. The van der Waals surface area contributed by atoms with E-state index < -0.39 is 0 Å². The van der Waals surface area contributed by atoms with Gasteiger partial charge in [-0.05, 0) is 18.7 Å². The van der Waals surface area contributed by atoms with Gasteiger partial charge >= 0.3 is 0 Å². The molecule has 0 saturated carbocycles. The summed E-state index contributed by atoms with van der Waals surface area (Å²) in [6.45, 7) is 8.31. The number of ether oxygens (including phenoxy) is 2. The number of carbonyl (C=O) groups excluding carboxylic acids is 1. The number of carbonyl (C=O) groups is 1. The molecule has 0 radical (unpaired) electrons. The Bertz CT molecular complexity index is 631. The van der Waals surface area contributed by atoms with E-state index >= 15 is 0 Å². The quantitative estimate of drug-likeness (QED) is 0.819. The lowest BCUT2D eigenvalue weighted by Gasteiger charge is -2.37. The van der Waals surface area contributed by atoms with Crippen LogP contribution >= 0.6 is 0 Å². The first-order valence-corrected chi connectivity index (χ1v) is 8.73. The zero-order valence-electron chi connectivity index (χ0n) is 15.2. The molecule has 7 heteroatoms. The molecule has 136 valence electrons. The van der Waals surface area contributed by atoms with E-state index in [-0.39, 0.29) is 5.91 Å². The fourth-order valence-corrected chi connectivity index (χ4v) is 3.25. The second-order valence-electron chi connectivity index (χ2n) is 6.16. The minimum atomic E-state index is -0.0635. The number of likely N-dealkylation sites (N-methyl/N-ethyl adjacent to an activating group) is 1. The van der Waals surface area contributed by atoms with Crippen LogP contribution in [-0.4, -0.2) is 86.6 Å². The summed E-state index contributed by atoms with van der Waals surface area (Å²) in [5.74, 6) is 1.95. The van der Waals surface area contributed by atoms with E-state index in [0.29, 0.717) is 30.2 Å². The largest absolute Gasteiger partial charge is 0.497 e. The third-order valence-corrected chi connectivity index (χ3v) is 4.76. The number of rotatable bonds is 4. The minimum Gasteiger partial charge on any atom is -0.497 e. The molecule has 2 aliphatic heterocycles. The van der Waals surface area contributed by atoms with Crippen molar-refractivity contribution in [2.24, 2.45) is 4.99 Å².